The first-order valence-electron chi connectivity index (χ1n) is 4.71. The molecule has 0 saturated carbocycles. The Kier molecular flexibility index (Phi) is 3.08. The van der Waals surface area contributed by atoms with Crippen molar-refractivity contribution in [3.63, 3.8) is 0 Å². The van der Waals surface area contributed by atoms with Gasteiger partial charge in [0.2, 0.25) is 5.82 Å². The van der Waals surface area contributed by atoms with Crippen LogP contribution in [0.25, 0.3) is 11.6 Å². The number of nitrogens with zero attached hydrogens (tertiary/aromatic N) is 3. The highest BCUT2D eigenvalue weighted by molar-refractivity contribution is 7.07. The minimum absolute atomic E-state index is 0.333. The highest BCUT2D eigenvalue weighted by Gasteiger charge is 2.16. The molecule has 0 amide bonds. The topological polar surface area (TPSA) is 72.0 Å². The highest BCUT2D eigenvalue weighted by Crippen LogP contribution is 2.20. The molecule has 80 valence electrons. The van der Waals surface area contributed by atoms with Gasteiger partial charge in [-0.1, -0.05) is 18.5 Å². The van der Waals surface area contributed by atoms with Crippen LogP contribution in [0.3, 0.4) is 0 Å². The Bertz CT molecular complexity index is 413. The second-order valence-electron chi connectivity index (χ2n) is 3.14. The molecule has 0 aliphatic heterocycles. The number of hydrogen-bond donors (Lipinski definition) is 1. The molecule has 6 heteroatoms. The highest BCUT2D eigenvalue weighted by atomic mass is 32.1. The van der Waals surface area contributed by atoms with E-state index in [0.717, 1.165) is 6.42 Å². The Morgan fingerprint density at radius 2 is 2.47 bits per heavy atom. The van der Waals surface area contributed by atoms with Gasteiger partial charge in [0.05, 0.1) is 5.51 Å². The Balaban J connectivity index is 2.17. The van der Waals surface area contributed by atoms with Crippen molar-refractivity contribution < 1.29 is 9.63 Å². The van der Waals surface area contributed by atoms with Crippen LogP contribution in [0.4, 0.5) is 0 Å². The maximum Gasteiger partial charge on any atom is 0.277 e. The van der Waals surface area contributed by atoms with Crippen LogP contribution in [0.2, 0.25) is 0 Å². The van der Waals surface area contributed by atoms with Crippen LogP contribution in [0.5, 0.6) is 0 Å². The zero-order valence-electron chi connectivity index (χ0n) is 8.25. The molecule has 2 aromatic heterocycles. The first-order valence-corrected chi connectivity index (χ1v) is 5.65. The number of thiazole rings is 1. The average Bonchev–Trinajstić information content (AvgIpc) is 2.89. The summed E-state index contributed by atoms with van der Waals surface area (Å²) in [6.07, 6.45) is 0.865. The number of rotatable bonds is 4. The molecule has 0 aliphatic carbocycles. The van der Waals surface area contributed by atoms with Gasteiger partial charge in [0.1, 0.15) is 11.8 Å². The first-order chi connectivity index (χ1) is 7.31. The molecule has 0 fully saturated rings. The third kappa shape index (κ3) is 2.21. The van der Waals surface area contributed by atoms with Crippen LogP contribution in [-0.4, -0.2) is 20.2 Å². The lowest BCUT2D eigenvalue weighted by Crippen LogP contribution is -1.98. The van der Waals surface area contributed by atoms with Crippen molar-refractivity contribution in [2.75, 3.05) is 0 Å². The Hall–Kier alpha value is -1.27. The first kappa shape index (κ1) is 10.3. The van der Waals surface area contributed by atoms with Crippen molar-refractivity contribution in [2.45, 2.75) is 25.9 Å². The molecule has 15 heavy (non-hydrogen) atoms. The summed E-state index contributed by atoms with van der Waals surface area (Å²) in [5.41, 5.74) is 2.35. The Labute approximate surface area is 90.8 Å². The van der Waals surface area contributed by atoms with Gasteiger partial charge in [-0.05, 0) is 6.42 Å². The van der Waals surface area contributed by atoms with Gasteiger partial charge in [-0.15, -0.1) is 11.3 Å². The molecule has 0 saturated heterocycles. The molecule has 1 N–H and O–H groups in total. The number of aliphatic hydroxyl groups is 1. The number of aromatic nitrogens is 3. The molecule has 0 aliphatic rings. The lowest BCUT2D eigenvalue weighted by atomic mass is 10.2. The van der Waals surface area contributed by atoms with Gasteiger partial charge < -0.3 is 9.63 Å². The fourth-order valence-corrected chi connectivity index (χ4v) is 1.72. The molecule has 0 aromatic carbocycles. The summed E-state index contributed by atoms with van der Waals surface area (Å²) >= 11 is 1.46. The molecule has 5 nitrogen and oxygen atoms in total. The van der Waals surface area contributed by atoms with Gasteiger partial charge in [0.25, 0.3) is 5.89 Å². The van der Waals surface area contributed by atoms with Crippen LogP contribution in [0.15, 0.2) is 15.4 Å². The van der Waals surface area contributed by atoms with Gasteiger partial charge in [-0.25, -0.2) is 4.98 Å². The summed E-state index contributed by atoms with van der Waals surface area (Å²) < 4.78 is 5.00. The van der Waals surface area contributed by atoms with Crippen molar-refractivity contribution in [3.8, 4) is 11.6 Å². The summed E-state index contributed by atoms with van der Waals surface area (Å²) in [5.74, 6) is 0.696. The maximum atomic E-state index is 9.63. The van der Waals surface area contributed by atoms with E-state index in [0.29, 0.717) is 23.8 Å². The van der Waals surface area contributed by atoms with Gasteiger partial charge in [-0.3, -0.25) is 0 Å². The lowest BCUT2D eigenvalue weighted by Gasteiger charge is -2.00. The van der Waals surface area contributed by atoms with Crippen molar-refractivity contribution in [1.29, 1.82) is 0 Å². The fraction of sp³-hybridized carbons (Fsp3) is 0.444. The minimum atomic E-state index is -0.647. The molecule has 0 spiro atoms. The van der Waals surface area contributed by atoms with E-state index >= 15 is 0 Å². The van der Waals surface area contributed by atoms with E-state index < -0.39 is 6.10 Å². The van der Waals surface area contributed by atoms with Crippen LogP contribution in [0, 0.1) is 0 Å². The molecular weight excluding hydrogens is 214 g/mol. The van der Waals surface area contributed by atoms with Crippen molar-refractivity contribution >= 4 is 11.3 Å². The Morgan fingerprint density at radius 1 is 1.60 bits per heavy atom. The van der Waals surface area contributed by atoms with E-state index in [9.17, 15) is 5.11 Å². The molecule has 2 heterocycles. The normalized spacial score (nSPS) is 12.9. The average molecular weight is 225 g/mol. The smallest absolute Gasteiger partial charge is 0.277 e. The second-order valence-corrected chi connectivity index (χ2v) is 3.85. The second kappa shape index (κ2) is 4.50. The third-order valence-electron chi connectivity index (χ3n) is 1.95. The molecule has 1 unspecified atom stereocenters. The summed E-state index contributed by atoms with van der Waals surface area (Å²) in [4.78, 5) is 8.13. The van der Waals surface area contributed by atoms with Gasteiger partial charge in [0, 0.05) is 5.38 Å². The fourth-order valence-electron chi connectivity index (χ4n) is 1.19. The molecule has 0 bridgehead atoms. The van der Waals surface area contributed by atoms with Gasteiger partial charge in [0.15, 0.2) is 0 Å². The molecule has 2 aromatic rings. The molecule has 2 rings (SSSR count). The zero-order chi connectivity index (χ0) is 10.7. The summed E-state index contributed by atoms with van der Waals surface area (Å²) in [7, 11) is 0. The van der Waals surface area contributed by atoms with E-state index in [1.165, 1.54) is 11.3 Å². The standard InChI is InChI=1S/C9H11N3O2S/c1-2-3-7(13)8-11-9(14-12-8)6-4-15-5-10-6/h4-5,7,13H,2-3H2,1H3. The molecule has 0 radical (unpaired) electrons. The van der Waals surface area contributed by atoms with E-state index in [-0.39, 0.29) is 0 Å². The summed E-state index contributed by atoms with van der Waals surface area (Å²) in [6.45, 7) is 1.99. The van der Waals surface area contributed by atoms with E-state index in [2.05, 4.69) is 15.1 Å². The zero-order valence-corrected chi connectivity index (χ0v) is 9.07. The van der Waals surface area contributed by atoms with Crippen molar-refractivity contribution in [2.24, 2.45) is 0 Å². The summed E-state index contributed by atoms with van der Waals surface area (Å²) in [5, 5.41) is 15.2. The monoisotopic (exact) mass is 225 g/mol. The van der Waals surface area contributed by atoms with E-state index in [1.54, 1.807) is 5.51 Å². The predicted molar refractivity (Wildman–Crippen MR) is 55.3 cm³/mol. The SMILES string of the molecule is CCCC(O)c1noc(-c2cscn2)n1. The van der Waals surface area contributed by atoms with E-state index in [1.807, 2.05) is 12.3 Å². The Morgan fingerprint density at radius 3 is 3.13 bits per heavy atom. The van der Waals surface area contributed by atoms with Gasteiger partial charge >= 0.3 is 0 Å². The molecule has 1 atom stereocenters. The van der Waals surface area contributed by atoms with E-state index in [4.69, 9.17) is 4.52 Å². The third-order valence-corrected chi connectivity index (χ3v) is 2.54. The van der Waals surface area contributed by atoms with Crippen LogP contribution < -0.4 is 0 Å². The summed E-state index contributed by atoms with van der Waals surface area (Å²) in [6, 6.07) is 0. The van der Waals surface area contributed by atoms with Crippen molar-refractivity contribution in [3.05, 3.63) is 16.7 Å². The maximum absolute atomic E-state index is 9.63. The number of hydrogen-bond acceptors (Lipinski definition) is 6. The minimum Gasteiger partial charge on any atom is -0.385 e. The van der Waals surface area contributed by atoms with Crippen LogP contribution >= 0.6 is 11.3 Å². The predicted octanol–water partition coefficient (Wildman–Crippen LogP) is 2.03. The van der Waals surface area contributed by atoms with Gasteiger partial charge in [-0.2, -0.15) is 4.98 Å². The number of aliphatic hydroxyl groups excluding tert-OH is 1. The molecular formula is C9H11N3O2S. The quantitative estimate of drug-likeness (QED) is 0.861. The van der Waals surface area contributed by atoms with Crippen LogP contribution in [0.1, 0.15) is 31.7 Å². The van der Waals surface area contributed by atoms with Crippen LogP contribution in [-0.2, 0) is 0 Å². The largest absolute Gasteiger partial charge is 0.385 e. The van der Waals surface area contributed by atoms with Crippen molar-refractivity contribution in [1.82, 2.24) is 15.1 Å². The lowest BCUT2D eigenvalue weighted by molar-refractivity contribution is 0.153.